The highest BCUT2D eigenvalue weighted by molar-refractivity contribution is 7.17. The molecule has 0 spiro atoms. The predicted octanol–water partition coefficient (Wildman–Crippen LogP) is 5.72. The first-order chi connectivity index (χ1) is 17.6. The number of fused-ring (bicyclic) bond motifs is 1. The number of tetrazole rings is 1. The van der Waals surface area contributed by atoms with Crippen LogP contribution in [-0.4, -0.2) is 32.7 Å². The topological polar surface area (TPSA) is 85.8 Å². The Morgan fingerprint density at radius 1 is 1.06 bits per heavy atom. The first-order valence-electron chi connectivity index (χ1n) is 11.5. The van der Waals surface area contributed by atoms with E-state index < -0.39 is 0 Å². The highest BCUT2D eigenvalue weighted by atomic mass is 32.1. The zero-order chi connectivity index (χ0) is 24.9. The second kappa shape index (κ2) is 10.6. The number of hydrogen-bond donors (Lipinski definition) is 1. The number of hydrogen-bond acceptors (Lipinski definition) is 7. The number of pyridine rings is 1. The second-order valence-electron chi connectivity index (χ2n) is 8.38. The lowest BCUT2D eigenvalue weighted by Gasteiger charge is -2.11. The molecule has 0 saturated carbocycles. The number of rotatable bonds is 8. The van der Waals surface area contributed by atoms with Crippen LogP contribution in [0.25, 0.3) is 21.3 Å². The number of aromatic amines is 1. The van der Waals surface area contributed by atoms with Crippen molar-refractivity contribution in [3.05, 3.63) is 82.6 Å². The third-order valence-corrected chi connectivity index (χ3v) is 6.91. The van der Waals surface area contributed by atoms with Crippen LogP contribution in [0.3, 0.4) is 0 Å². The maximum absolute atomic E-state index is 6.09. The fraction of sp³-hybridized carbons (Fsp3) is 0.214. The van der Waals surface area contributed by atoms with Gasteiger partial charge in [0, 0.05) is 34.5 Å². The summed E-state index contributed by atoms with van der Waals surface area (Å²) in [4.78, 5) is 5.69. The summed E-state index contributed by atoms with van der Waals surface area (Å²) in [6.07, 6.45) is 2.51. The summed E-state index contributed by atoms with van der Waals surface area (Å²) in [6.45, 7) is 4.37. The summed E-state index contributed by atoms with van der Waals surface area (Å²) in [5.41, 5.74) is 5.64. The summed E-state index contributed by atoms with van der Waals surface area (Å²) in [7, 11) is 1.69. The van der Waals surface area contributed by atoms with Crippen molar-refractivity contribution in [1.29, 1.82) is 0 Å². The molecule has 0 amide bonds. The number of nitrogens with zero attached hydrogens (tertiary/aromatic N) is 4. The van der Waals surface area contributed by atoms with Gasteiger partial charge in [-0.3, -0.25) is 0 Å². The molecule has 0 fully saturated rings. The van der Waals surface area contributed by atoms with Crippen molar-refractivity contribution in [1.82, 2.24) is 25.6 Å². The Balaban J connectivity index is 1.31. The van der Waals surface area contributed by atoms with Crippen molar-refractivity contribution >= 4 is 21.6 Å². The number of thiophene rings is 1. The fourth-order valence-electron chi connectivity index (χ4n) is 4.16. The minimum absolute atomic E-state index is 0.00355. The molecule has 0 unspecified atom stereocenters. The minimum atomic E-state index is 0.00355. The zero-order valence-electron chi connectivity index (χ0n) is 20.3. The number of methoxy groups -OCH3 is 1. The number of benzene rings is 2. The molecular weight excluding hydrogens is 470 g/mol. The largest absolute Gasteiger partial charge is 0.497 e. The smallest absolute Gasteiger partial charge is 0.150 e. The van der Waals surface area contributed by atoms with Crippen molar-refractivity contribution in [2.45, 2.75) is 32.8 Å². The second-order valence-corrected chi connectivity index (χ2v) is 9.24. The monoisotopic (exact) mass is 495 g/mol. The average molecular weight is 496 g/mol. The van der Waals surface area contributed by atoms with Gasteiger partial charge in [0.15, 0.2) is 0 Å². The lowest BCUT2D eigenvalue weighted by molar-refractivity contribution is 0.306. The molecule has 8 heteroatoms. The number of nitrogens with one attached hydrogen (secondary N) is 1. The van der Waals surface area contributed by atoms with Gasteiger partial charge < -0.3 is 9.47 Å². The molecule has 0 saturated heterocycles. The lowest BCUT2D eigenvalue weighted by atomic mass is 9.96. The third-order valence-electron chi connectivity index (χ3n) is 6.00. The summed E-state index contributed by atoms with van der Waals surface area (Å²) in [5.74, 6) is 8.60. The Hall–Kier alpha value is -4.22. The Morgan fingerprint density at radius 3 is 2.61 bits per heavy atom. The summed E-state index contributed by atoms with van der Waals surface area (Å²) in [5, 5.41) is 17.4. The van der Waals surface area contributed by atoms with E-state index in [1.165, 1.54) is 16.7 Å². The molecule has 0 aliphatic carbocycles. The number of aromatic nitrogens is 5. The van der Waals surface area contributed by atoms with E-state index in [4.69, 9.17) is 9.47 Å². The van der Waals surface area contributed by atoms with Crippen molar-refractivity contribution in [3.8, 4) is 34.5 Å². The number of aryl methyl sites for hydroxylation is 1. The molecule has 0 aliphatic rings. The van der Waals surface area contributed by atoms with Gasteiger partial charge in [0.05, 0.1) is 13.0 Å². The van der Waals surface area contributed by atoms with Gasteiger partial charge in [-0.25, -0.2) is 10.1 Å². The maximum atomic E-state index is 6.09. The van der Waals surface area contributed by atoms with Crippen molar-refractivity contribution in [3.63, 3.8) is 0 Å². The minimum Gasteiger partial charge on any atom is -0.497 e. The van der Waals surface area contributed by atoms with E-state index in [2.05, 4.69) is 68.0 Å². The van der Waals surface area contributed by atoms with Gasteiger partial charge in [0.2, 0.25) is 0 Å². The Kier molecular flexibility index (Phi) is 6.92. The molecule has 1 atom stereocenters. The summed E-state index contributed by atoms with van der Waals surface area (Å²) < 4.78 is 11.5. The van der Waals surface area contributed by atoms with E-state index in [0.717, 1.165) is 32.8 Å². The molecule has 0 bridgehead atoms. The summed E-state index contributed by atoms with van der Waals surface area (Å²) >= 11 is 1.65. The molecular formula is C28H25N5O2S. The first kappa shape index (κ1) is 23.5. The van der Waals surface area contributed by atoms with Crippen LogP contribution < -0.4 is 9.47 Å². The third kappa shape index (κ3) is 5.07. The Morgan fingerprint density at radius 2 is 1.89 bits per heavy atom. The number of H-pyrrole nitrogens is 1. The van der Waals surface area contributed by atoms with Gasteiger partial charge >= 0.3 is 0 Å². The molecule has 0 radical (unpaired) electrons. The average Bonchev–Trinajstić information content (AvgIpc) is 3.57. The van der Waals surface area contributed by atoms with Gasteiger partial charge in [-0.15, -0.1) is 22.4 Å². The molecule has 5 aromatic rings. The molecule has 2 aromatic carbocycles. The van der Waals surface area contributed by atoms with E-state index >= 15 is 0 Å². The van der Waals surface area contributed by atoms with Crippen LogP contribution in [0.15, 0.2) is 60.1 Å². The van der Waals surface area contributed by atoms with Crippen LogP contribution in [0, 0.1) is 18.8 Å². The van der Waals surface area contributed by atoms with Gasteiger partial charge in [0.25, 0.3) is 0 Å². The Labute approximate surface area is 213 Å². The molecule has 0 aliphatic heterocycles. The lowest BCUT2D eigenvalue weighted by Crippen LogP contribution is -2.03. The predicted molar refractivity (Wildman–Crippen MR) is 141 cm³/mol. The summed E-state index contributed by atoms with van der Waals surface area (Å²) in [6, 6.07) is 16.4. The van der Waals surface area contributed by atoms with E-state index in [-0.39, 0.29) is 5.92 Å². The van der Waals surface area contributed by atoms with E-state index in [9.17, 15) is 0 Å². The van der Waals surface area contributed by atoms with Gasteiger partial charge in [-0.1, -0.05) is 24.1 Å². The van der Waals surface area contributed by atoms with Crippen LogP contribution >= 0.6 is 11.3 Å². The van der Waals surface area contributed by atoms with Gasteiger partial charge in [-0.2, -0.15) is 0 Å². The maximum Gasteiger partial charge on any atom is 0.150 e. The van der Waals surface area contributed by atoms with Crippen molar-refractivity contribution < 1.29 is 9.47 Å². The van der Waals surface area contributed by atoms with Crippen LogP contribution in [0.2, 0.25) is 0 Å². The van der Waals surface area contributed by atoms with Crippen LogP contribution in [0.5, 0.6) is 11.5 Å². The molecule has 180 valence electrons. The highest BCUT2D eigenvalue weighted by Gasteiger charge is 2.14. The zero-order valence-corrected chi connectivity index (χ0v) is 21.1. The van der Waals surface area contributed by atoms with E-state index in [0.29, 0.717) is 18.9 Å². The van der Waals surface area contributed by atoms with Crippen molar-refractivity contribution in [2.75, 3.05) is 7.11 Å². The normalized spacial score (nSPS) is 11.6. The molecule has 7 nitrogen and oxygen atoms in total. The van der Waals surface area contributed by atoms with E-state index in [1.54, 1.807) is 18.4 Å². The highest BCUT2D eigenvalue weighted by Crippen LogP contribution is 2.36. The quantitative estimate of drug-likeness (QED) is 0.277. The molecule has 3 aromatic heterocycles. The van der Waals surface area contributed by atoms with Crippen LogP contribution in [0.1, 0.15) is 35.4 Å². The molecule has 1 N–H and O–H groups in total. The van der Waals surface area contributed by atoms with Crippen molar-refractivity contribution in [2.24, 2.45) is 0 Å². The first-order valence-corrected chi connectivity index (χ1v) is 12.4. The molecule has 5 rings (SSSR count). The number of ether oxygens (including phenoxy) is 2. The Bertz CT molecular complexity index is 1530. The van der Waals surface area contributed by atoms with Gasteiger partial charge in [0.1, 0.15) is 28.8 Å². The van der Waals surface area contributed by atoms with E-state index in [1.807, 2.05) is 43.5 Å². The SMILES string of the molecule is CC#C[C@@H](Cc1nnn[nH]1)c1ccc(OCc2cnc3scc(-c4ccc(OC)cc4C)c3c2)cc1. The fourth-order valence-corrected chi connectivity index (χ4v) is 5.05. The van der Waals surface area contributed by atoms with Crippen LogP contribution in [-0.2, 0) is 13.0 Å². The molecule has 3 heterocycles. The molecule has 36 heavy (non-hydrogen) atoms. The van der Waals surface area contributed by atoms with Crippen LogP contribution in [0.4, 0.5) is 0 Å². The van der Waals surface area contributed by atoms with Gasteiger partial charge in [-0.05, 0) is 71.3 Å². The standard InChI is InChI=1S/C28H25N5O2S/c1-4-5-21(14-27-30-32-33-31-27)20-6-8-22(9-7-20)35-16-19-13-25-26(17-36-28(25)29-15-19)24-11-10-23(34-3)12-18(24)2/h6-13,15,17,21H,14,16H2,1-3H3,(H,30,31,32,33)/t21-/m0/s1.